The molecule has 0 aromatic heterocycles. The van der Waals surface area contributed by atoms with Gasteiger partial charge in [-0.2, -0.15) is 0 Å². The number of nitrogens with zero attached hydrogens (tertiary/aromatic N) is 2. The van der Waals surface area contributed by atoms with Crippen LogP contribution in [0.5, 0.6) is 0 Å². The SMILES string of the molecule is Brc1ccc2c(c1)CN(c1ccccc1)OC1c3ccccc3CCN21. The molecule has 4 heteroatoms. The van der Waals surface area contributed by atoms with Gasteiger partial charge < -0.3 is 4.90 Å². The zero-order valence-electron chi connectivity index (χ0n) is 14.3. The van der Waals surface area contributed by atoms with Crippen molar-refractivity contribution in [1.29, 1.82) is 0 Å². The maximum Gasteiger partial charge on any atom is 0.183 e. The van der Waals surface area contributed by atoms with Crippen LogP contribution in [-0.2, 0) is 17.8 Å². The van der Waals surface area contributed by atoms with Crippen molar-refractivity contribution in [2.45, 2.75) is 19.2 Å². The first kappa shape index (κ1) is 15.9. The maximum absolute atomic E-state index is 6.59. The van der Waals surface area contributed by atoms with Crippen molar-refractivity contribution in [1.82, 2.24) is 0 Å². The second kappa shape index (κ2) is 6.45. The molecule has 0 amide bonds. The molecule has 5 rings (SSSR count). The second-order valence-electron chi connectivity index (χ2n) is 6.75. The number of hydroxylamine groups is 1. The minimum Gasteiger partial charge on any atom is -0.340 e. The van der Waals surface area contributed by atoms with Gasteiger partial charge in [0.2, 0.25) is 0 Å². The van der Waals surface area contributed by atoms with Gasteiger partial charge in [0, 0.05) is 22.3 Å². The van der Waals surface area contributed by atoms with E-state index in [4.69, 9.17) is 4.84 Å². The lowest BCUT2D eigenvalue weighted by molar-refractivity contribution is 0.0272. The number of anilines is 2. The molecule has 0 aliphatic carbocycles. The highest BCUT2D eigenvalue weighted by atomic mass is 79.9. The lowest BCUT2D eigenvalue weighted by Crippen LogP contribution is -2.38. The third-order valence-corrected chi connectivity index (χ3v) is 5.66. The van der Waals surface area contributed by atoms with E-state index in [1.807, 2.05) is 11.1 Å². The zero-order chi connectivity index (χ0) is 17.5. The van der Waals surface area contributed by atoms with E-state index in [0.717, 1.165) is 23.1 Å². The molecular formula is C22H19BrN2O. The van der Waals surface area contributed by atoms with Gasteiger partial charge in [0.25, 0.3) is 0 Å². The van der Waals surface area contributed by atoms with E-state index in [1.54, 1.807) is 0 Å². The van der Waals surface area contributed by atoms with E-state index in [2.05, 4.69) is 87.6 Å². The third-order valence-electron chi connectivity index (χ3n) is 5.16. The summed E-state index contributed by atoms with van der Waals surface area (Å²) >= 11 is 3.63. The molecule has 0 N–H and O–H groups in total. The van der Waals surface area contributed by atoms with Gasteiger partial charge in [-0.3, -0.25) is 0 Å². The second-order valence-corrected chi connectivity index (χ2v) is 7.66. The fourth-order valence-electron chi connectivity index (χ4n) is 3.91. The van der Waals surface area contributed by atoms with Gasteiger partial charge in [-0.15, -0.1) is 0 Å². The lowest BCUT2D eigenvalue weighted by Gasteiger charge is -2.38. The van der Waals surface area contributed by atoms with Crippen LogP contribution in [0.2, 0.25) is 0 Å². The smallest absolute Gasteiger partial charge is 0.183 e. The Kier molecular flexibility index (Phi) is 3.95. The molecule has 1 unspecified atom stereocenters. The van der Waals surface area contributed by atoms with Crippen LogP contribution in [0.3, 0.4) is 0 Å². The first-order valence-electron chi connectivity index (χ1n) is 8.92. The summed E-state index contributed by atoms with van der Waals surface area (Å²) in [6, 6.07) is 25.5. The van der Waals surface area contributed by atoms with Crippen LogP contribution in [0, 0.1) is 0 Å². The average Bonchev–Trinajstić information content (AvgIpc) is 2.85. The average molecular weight is 407 g/mol. The van der Waals surface area contributed by atoms with Crippen LogP contribution < -0.4 is 9.96 Å². The summed E-state index contributed by atoms with van der Waals surface area (Å²) in [6.07, 6.45) is 0.930. The first-order valence-corrected chi connectivity index (χ1v) is 9.71. The summed E-state index contributed by atoms with van der Waals surface area (Å²) in [4.78, 5) is 8.99. The quantitative estimate of drug-likeness (QED) is 0.533. The Morgan fingerprint density at radius 1 is 0.885 bits per heavy atom. The van der Waals surface area contributed by atoms with Gasteiger partial charge in [-0.1, -0.05) is 58.4 Å². The molecule has 2 aliphatic heterocycles. The summed E-state index contributed by atoms with van der Waals surface area (Å²) in [5.41, 5.74) is 6.23. The predicted molar refractivity (Wildman–Crippen MR) is 108 cm³/mol. The molecule has 0 saturated heterocycles. The molecule has 0 saturated carbocycles. The van der Waals surface area contributed by atoms with Crippen molar-refractivity contribution in [3.63, 3.8) is 0 Å². The summed E-state index contributed by atoms with van der Waals surface area (Å²) in [5.74, 6) is 0. The largest absolute Gasteiger partial charge is 0.340 e. The van der Waals surface area contributed by atoms with Crippen LogP contribution in [0.4, 0.5) is 11.4 Å². The van der Waals surface area contributed by atoms with E-state index >= 15 is 0 Å². The number of rotatable bonds is 1. The number of benzene rings is 3. The fourth-order valence-corrected chi connectivity index (χ4v) is 4.32. The third kappa shape index (κ3) is 2.70. The molecule has 0 radical (unpaired) electrons. The van der Waals surface area contributed by atoms with Crippen LogP contribution >= 0.6 is 15.9 Å². The van der Waals surface area contributed by atoms with Crippen LogP contribution in [0.25, 0.3) is 0 Å². The highest BCUT2D eigenvalue weighted by molar-refractivity contribution is 9.10. The Bertz CT molecular complexity index is 944. The van der Waals surface area contributed by atoms with Crippen molar-refractivity contribution in [2.24, 2.45) is 0 Å². The Morgan fingerprint density at radius 3 is 2.58 bits per heavy atom. The molecule has 3 nitrogen and oxygen atoms in total. The number of hydrogen-bond donors (Lipinski definition) is 0. The Hall–Kier alpha value is -2.30. The highest BCUT2D eigenvalue weighted by Gasteiger charge is 2.34. The van der Waals surface area contributed by atoms with Gasteiger partial charge in [0.15, 0.2) is 6.23 Å². The molecule has 26 heavy (non-hydrogen) atoms. The van der Waals surface area contributed by atoms with Gasteiger partial charge in [0.1, 0.15) is 0 Å². The summed E-state index contributed by atoms with van der Waals surface area (Å²) in [7, 11) is 0. The van der Waals surface area contributed by atoms with Gasteiger partial charge >= 0.3 is 0 Å². The summed E-state index contributed by atoms with van der Waals surface area (Å²) in [6.45, 7) is 1.67. The summed E-state index contributed by atoms with van der Waals surface area (Å²) in [5, 5.41) is 2.03. The molecule has 2 heterocycles. The fraction of sp³-hybridized carbons (Fsp3) is 0.182. The molecule has 0 bridgehead atoms. The molecular weight excluding hydrogens is 388 g/mol. The normalized spacial score (nSPS) is 18.6. The number of fused-ring (bicyclic) bond motifs is 5. The predicted octanol–water partition coefficient (Wildman–Crippen LogP) is 5.46. The number of halogens is 1. The van der Waals surface area contributed by atoms with Crippen molar-refractivity contribution >= 4 is 27.3 Å². The Morgan fingerprint density at radius 2 is 1.69 bits per heavy atom. The standard InChI is InChI=1S/C22H19BrN2O/c23-18-10-11-21-17(14-18)15-25(19-7-2-1-3-8-19)26-22-20-9-5-4-6-16(20)12-13-24(21)22/h1-11,14,22H,12-13,15H2. The summed E-state index contributed by atoms with van der Waals surface area (Å²) < 4.78 is 1.10. The van der Waals surface area contributed by atoms with Gasteiger partial charge in [0.05, 0.1) is 12.2 Å². The maximum atomic E-state index is 6.59. The molecule has 3 aromatic carbocycles. The van der Waals surface area contributed by atoms with E-state index in [-0.39, 0.29) is 6.23 Å². The minimum atomic E-state index is -0.109. The van der Waals surface area contributed by atoms with E-state index in [9.17, 15) is 0 Å². The molecule has 130 valence electrons. The van der Waals surface area contributed by atoms with Crippen LogP contribution in [0.1, 0.15) is 22.9 Å². The zero-order valence-corrected chi connectivity index (χ0v) is 15.9. The minimum absolute atomic E-state index is 0.109. The van der Waals surface area contributed by atoms with Gasteiger partial charge in [-0.05, 0) is 47.9 Å². The molecule has 0 spiro atoms. The molecule has 1 atom stereocenters. The Labute approximate surface area is 161 Å². The van der Waals surface area contributed by atoms with Gasteiger partial charge in [-0.25, -0.2) is 9.90 Å². The highest BCUT2D eigenvalue weighted by Crippen LogP contribution is 2.41. The topological polar surface area (TPSA) is 15.7 Å². The Balaban J connectivity index is 1.66. The van der Waals surface area contributed by atoms with E-state index in [1.165, 1.54) is 22.4 Å². The van der Waals surface area contributed by atoms with Crippen molar-refractivity contribution in [2.75, 3.05) is 16.5 Å². The van der Waals surface area contributed by atoms with E-state index < -0.39 is 0 Å². The molecule has 2 aliphatic rings. The van der Waals surface area contributed by atoms with Crippen LogP contribution in [-0.4, -0.2) is 6.54 Å². The van der Waals surface area contributed by atoms with Crippen molar-refractivity contribution < 1.29 is 4.84 Å². The van der Waals surface area contributed by atoms with E-state index in [0.29, 0.717) is 6.54 Å². The van der Waals surface area contributed by atoms with Crippen molar-refractivity contribution in [3.05, 3.63) is 94.0 Å². The molecule has 3 aromatic rings. The number of para-hydroxylation sites is 1. The first-order chi connectivity index (χ1) is 12.8. The molecule has 0 fully saturated rings. The number of hydrogen-bond acceptors (Lipinski definition) is 3. The van der Waals surface area contributed by atoms with Crippen LogP contribution in [0.15, 0.2) is 77.3 Å². The lowest BCUT2D eigenvalue weighted by atomic mass is 9.97. The monoisotopic (exact) mass is 406 g/mol. The van der Waals surface area contributed by atoms with Crippen molar-refractivity contribution in [3.8, 4) is 0 Å².